The zero-order chi connectivity index (χ0) is 19.4. The van der Waals surface area contributed by atoms with E-state index < -0.39 is 0 Å². The summed E-state index contributed by atoms with van der Waals surface area (Å²) in [6.45, 7) is 7.94. The SMILES string of the molecule is CCC[N+]1=C(/C=C/C=C/c2ccc(N(C)C)cc2)C(C)(C)c2ccccc21. The van der Waals surface area contributed by atoms with Crippen LogP contribution < -0.4 is 4.90 Å². The van der Waals surface area contributed by atoms with Gasteiger partial charge in [0.05, 0.1) is 5.41 Å². The van der Waals surface area contributed by atoms with Gasteiger partial charge in [-0.15, -0.1) is 0 Å². The number of hydrogen-bond donors (Lipinski definition) is 0. The molecule has 0 aliphatic carbocycles. The number of fused-ring (bicyclic) bond motifs is 1. The first-order chi connectivity index (χ1) is 12.9. The summed E-state index contributed by atoms with van der Waals surface area (Å²) in [6, 6.07) is 17.4. The Morgan fingerprint density at radius 2 is 1.59 bits per heavy atom. The Hall–Kier alpha value is -2.61. The van der Waals surface area contributed by atoms with E-state index in [1.165, 1.54) is 28.2 Å². The van der Waals surface area contributed by atoms with Crippen molar-refractivity contribution in [1.29, 1.82) is 0 Å². The first-order valence-electron chi connectivity index (χ1n) is 9.81. The molecule has 0 N–H and O–H groups in total. The van der Waals surface area contributed by atoms with Crippen molar-refractivity contribution in [2.24, 2.45) is 0 Å². The van der Waals surface area contributed by atoms with Crippen LogP contribution >= 0.6 is 0 Å². The maximum absolute atomic E-state index is 2.48. The molecule has 0 unspecified atom stereocenters. The van der Waals surface area contributed by atoms with Gasteiger partial charge in [-0.2, -0.15) is 4.58 Å². The van der Waals surface area contributed by atoms with E-state index in [1.54, 1.807) is 0 Å². The molecule has 1 heterocycles. The van der Waals surface area contributed by atoms with Gasteiger partial charge in [0.2, 0.25) is 5.69 Å². The van der Waals surface area contributed by atoms with Crippen molar-refractivity contribution in [3.05, 3.63) is 77.9 Å². The first kappa shape index (κ1) is 19.2. The topological polar surface area (TPSA) is 6.25 Å². The monoisotopic (exact) mass is 359 g/mol. The fourth-order valence-corrected chi connectivity index (χ4v) is 3.80. The molecule has 2 nitrogen and oxygen atoms in total. The summed E-state index contributed by atoms with van der Waals surface area (Å²) in [5.74, 6) is 0. The Morgan fingerprint density at radius 1 is 0.926 bits per heavy atom. The highest BCUT2D eigenvalue weighted by atomic mass is 15.1. The minimum Gasteiger partial charge on any atom is -0.378 e. The van der Waals surface area contributed by atoms with Gasteiger partial charge in [0, 0.05) is 43.9 Å². The Morgan fingerprint density at radius 3 is 2.26 bits per heavy atom. The van der Waals surface area contributed by atoms with Crippen molar-refractivity contribution >= 4 is 23.2 Å². The smallest absolute Gasteiger partial charge is 0.209 e. The molecule has 0 aromatic heterocycles. The van der Waals surface area contributed by atoms with Crippen LogP contribution in [0.15, 0.2) is 66.8 Å². The summed E-state index contributed by atoms with van der Waals surface area (Å²) < 4.78 is 2.48. The average Bonchev–Trinajstić information content (AvgIpc) is 2.87. The van der Waals surface area contributed by atoms with Gasteiger partial charge in [0.25, 0.3) is 0 Å². The van der Waals surface area contributed by atoms with E-state index in [9.17, 15) is 0 Å². The predicted molar refractivity (Wildman–Crippen MR) is 118 cm³/mol. The van der Waals surface area contributed by atoms with E-state index in [2.05, 4.69) is 117 Å². The maximum atomic E-state index is 2.48. The molecule has 2 aromatic rings. The second-order valence-corrected chi connectivity index (χ2v) is 7.88. The number of allylic oxidation sites excluding steroid dienone is 3. The molecule has 1 aliphatic heterocycles. The second-order valence-electron chi connectivity index (χ2n) is 7.88. The molecule has 3 rings (SSSR count). The molecule has 2 heteroatoms. The Labute approximate surface area is 164 Å². The minimum absolute atomic E-state index is 0.0312. The molecule has 0 atom stereocenters. The first-order valence-corrected chi connectivity index (χ1v) is 9.81. The van der Waals surface area contributed by atoms with E-state index >= 15 is 0 Å². The van der Waals surface area contributed by atoms with Crippen LogP contribution in [0.1, 0.15) is 38.3 Å². The van der Waals surface area contributed by atoms with Gasteiger partial charge in [0.15, 0.2) is 5.71 Å². The quantitative estimate of drug-likeness (QED) is 0.466. The number of hydrogen-bond acceptors (Lipinski definition) is 1. The Bertz CT molecular complexity index is 881. The van der Waals surface area contributed by atoms with E-state index in [4.69, 9.17) is 0 Å². The molecular weight excluding hydrogens is 328 g/mol. The van der Waals surface area contributed by atoms with Crippen molar-refractivity contribution in [3.63, 3.8) is 0 Å². The number of rotatable bonds is 6. The number of anilines is 1. The van der Waals surface area contributed by atoms with Crippen molar-refractivity contribution < 1.29 is 4.58 Å². The molecular formula is C25H31N2+. The van der Waals surface area contributed by atoms with Crippen molar-refractivity contribution in [2.45, 2.75) is 32.6 Å². The number of benzene rings is 2. The van der Waals surface area contributed by atoms with Gasteiger partial charge in [-0.05, 0) is 31.5 Å². The van der Waals surface area contributed by atoms with Gasteiger partial charge in [-0.1, -0.05) is 55.5 Å². The largest absolute Gasteiger partial charge is 0.378 e. The fourth-order valence-electron chi connectivity index (χ4n) is 3.80. The lowest BCUT2D eigenvalue weighted by molar-refractivity contribution is -0.437. The third-order valence-electron chi connectivity index (χ3n) is 5.31. The van der Waals surface area contributed by atoms with Crippen LogP contribution in [0.5, 0.6) is 0 Å². The van der Waals surface area contributed by atoms with Crippen LogP contribution in [-0.2, 0) is 5.41 Å². The Balaban J connectivity index is 1.83. The molecule has 0 amide bonds. The zero-order valence-electron chi connectivity index (χ0n) is 17.2. The molecule has 0 saturated carbocycles. The van der Waals surface area contributed by atoms with E-state index in [0.29, 0.717) is 0 Å². The molecule has 2 aromatic carbocycles. The van der Waals surface area contributed by atoms with Crippen LogP contribution in [0.4, 0.5) is 11.4 Å². The Kier molecular flexibility index (Phi) is 5.65. The van der Waals surface area contributed by atoms with Gasteiger partial charge in [0.1, 0.15) is 6.54 Å². The van der Waals surface area contributed by atoms with E-state index in [1.807, 2.05) is 0 Å². The highest BCUT2D eigenvalue weighted by molar-refractivity contribution is 6.03. The maximum Gasteiger partial charge on any atom is 0.209 e. The van der Waals surface area contributed by atoms with Gasteiger partial charge in [-0.3, -0.25) is 0 Å². The lowest BCUT2D eigenvalue weighted by atomic mass is 9.81. The number of nitrogens with zero attached hydrogens (tertiary/aromatic N) is 2. The third-order valence-corrected chi connectivity index (χ3v) is 5.31. The standard InChI is InChI=1S/C25H31N2/c1-6-19-27-23-13-9-8-12-22(23)25(2,3)24(27)14-10-7-11-20-15-17-21(18-16-20)26(4)5/h7-18H,6,19H2,1-5H3/q+1. The summed E-state index contributed by atoms with van der Waals surface area (Å²) in [7, 11) is 4.13. The number of para-hydroxylation sites is 1. The molecule has 0 fully saturated rings. The average molecular weight is 360 g/mol. The van der Waals surface area contributed by atoms with E-state index in [-0.39, 0.29) is 5.41 Å². The summed E-state index contributed by atoms with van der Waals surface area (Å²) in [6.07, 6.45) is 9.89. The van der Waals surface area contributed by atoms with Crippen molar-refractivity contribution in [3.8, 4) is 0 Å². The lowest BCUT2D eigenvalue weighted by Crippen LogP contribution is -2.27. The predicted octanol–water partition coefficient (Wildman–Crippen LogP) is 5.81. The molecule has 27 heavy (non-hydrogen) atoms. The van der Waals surface area contributed by atoms with Gasteiger partial charge in [-0.25, -0.2) is 0 Å². The fraction of sp³-hybridized carbons (Fsp3) is 0.320. The summed E-state index contributed by atoms with van der Waals surface area (Å²) >= 11 is 0. The second kappa shape index (κ2) is 7.96. The molecule has 0 radical (unpaired) electrons. The van der Waals surface area contributed by atoms with Gasteiger partial charge >= 0.3 is 0 Å². The van der Waals surface area contributed by atoms with Crippen LogP contribution in [0.3, 0.4) is 0 Å². The lowest BCUT2D eigenvalue weighted by Gasteiger charge is -2.15. The summed E-state index contributed by atoms with van der Waals surface area (Å²) in [5, 5.41) is 0. The normalized spacial score (nSPS) is 15.7. The van der Waals surface area contributed by atoms with Gasteiger partial charge < -0.3 is 4.90 Å². The summed E-state index contributed by atoms with van der Waals surface area (Å²) in [4.78, 5) is 2.12. The van der Waals surface area contributed by atoms with Crippen LogP contribution in [0, 0.1) is 0 Å². The third kappa shape index (κ3) is 3.90. The minimum atomic E-state index is 0.0312. The highest BCUT2D eigenvalue weighted by Gasteiger charge is 2.43. The highest BCUT2D eigenvalue weighted by Crippen LogP contribution is 2.39. The van der Waals surface area contributed by atoms with Crippen molar-refractivity contribution in [1.82, 2.24) is 0 Å². The molecule has 0 spiro atoms. The zero-order valence-corrected chi connectivity index (χ0v) is 17.2. The molecule has 0 bridgehead atoms. The molecule has 0 saturated heterocycles. The summed E-state index contributed by atoms with van der Waals surface area (Å²) in [5.41, 5.74) is 6.61. The van der Waals surface area contributed by atoms with E-state index in [0.717, 1.165) is 13.0 Å². The molecule has 140 valence electrons. The molecule has 1 aliphatic rings. The van der Waals surface area contributed by atoms with Crippen molar-refractivity contribution in [2.75, 3.05) is 25.5 Å². The van der Waals surface area contributed by atoms with Crippen LogP contribution in [0.25, 0.3) is 6.08 Å². The van der Waals surface area contributed by atoms with Crippen LogP contribution in [-0.4, -0.2) is 30.9 Å². The van der Waals surface area contributed by atoms with Crippen LogP contribution in [0.2, 0.25) is 0 Å².